The zero-order valence-electron chi connectivity index (χ0n) is 13.3. The van der Waals surface area contributed by atoms with E-state index in [1.54, 1.807) is 12.3 Å². The van der Waals surface area contributed by atoms with Gasteiger partial charge < -0.3 is 4.74 Å². The van der Waals surface area contributed by atoms with E-state index in [-0.39, 0.29) is 5.82 Å². The Morgan fingerprint density at radius 1 is 1.26 bits per heavy atom. The molecule has 0 saturated carbocycles. The molecule has 0 spiro atoms. The van der Waals surface area contributed by atoms with Crippen molar-refractivity contribution in [2.75, 3.05) is 26.3 Å². The number of nitrogens with zero attached hydrogens (tertiary/aromatic N) is 4. The molecule has 3 heterocycles. The lowest BCUT2D eigenvalue weighted by atomic mass is 10.0. The highest BCUT2D eigenvalue weighted by Gasteiger charge is 2.20. The second-order valence-corrected chi connectivity index (χ2v) is 5.94. The monoisotopic (exact) mass is 316 g/mol. The van der Waals surface area contributed by atoms with Crippen LogP contribution in [0.1, 0.15) is 17.2 Å². The van der Waals surface area contributed by atoms with Gasteiger partial charge in [0.15, 0.2) is 0 Å². The molecule has 1 aliphatic rings. The van der Waals surface area contributed by atoms with Gasteiger partial charge in [-0.15, -0.1) is 0 Å². The first-order chi connectivity index (χ1) is 11.2. The van der Waals surface area contributed by atoms with E-state index in [2.05, 4.69) is 19.9 Å². The van der Waals surface area contributed by atoms with E-state index in [0.717, 1.165) is 43.3 Å². The third-order valence-corrected chi connectivity index (χ3v) is 3.93. The zero-order valence-corrected chi connectivity index (χ0v) is 13.3. The molecule has 1 atom stereocenters. The van der Waals surface area contributed by atoms with Gasteiger partial charge >= 0.3 is 0 Å². The van der Waals surface area contributed by atoms with Crippen molar-refractivity contribution < 1.29 is 9.13 Å². The number of aromatic nitrogens is 3. The molecular formula is C17H21FN4O. The molecular weight excluding hydrogens is 295 g/mol. The number of halogens is 1. The van der Waals surface area contributed by atoms with Crippen LogP contribution >= 0.6 is 0 Å². The highest BCUT2D eigenvalue weighted by molar-refractivity contribution is 5.06. The second kappa shape index (κ2) is 7.57. The molecule has 1 saturated heterocycles. The number of hydrogen-bond donors (Lipinski definition) is 0. The van der Waals surface area contributed by atoms with Gasteiger partial charge in [-0.2, -0.15) is 0 Å². The van der Waals surface area contributed by atoms with Crippen LogP contribution in [0.4, 0.5) is 4.39 Å². The number of rotatable bonds is 4. The highest BCUT2D eigenvalue weighted by atomic mass is 19.1. The van der Waals surface area contributed by atoms with Crippen molar-refractivity contribution in [2.45, 2.75) is 19.9 Å². The zero-order chi connectivity index (χ0) is 16.1. The summed E-state index contributed by atoms with van der Waals surface area (Å²) in [4.78, 5) is 15.1. The summed E-state index contributed by atoms with van der Waals surface area (Å²) < 4.78 is 18.7. The lowest BCUT2D eigenvalue weighted by molar-refractivity contribution is 0.121. The molecule has 23 heavy (non-hydrogen) atoms. The van der Waals surface area contributed by atoms with Gasteiger partial charge in [-0.3, -0.25) is 9.88 Å². The fourth-order valence-electron chi connectivity index (χ4n) is 2.86. The van der Waals surface area contributed by atoms with Gasteiger partial charge in [0.2, 0.25) is 0 Å². The molecule has 3 rings (SSSR count). The fourth-order valence-corrected chi connectivity index (χ4v) is 2.86. The third-order valence-electron chi connectivity index (χ3n) is 3.93. The average molecular weight is 316 g/mol. The Bertz CT molecular complexity index is 635. The molecule has 5 nitrogen and oxygen atoms in total. The van der Waals surface area contributed by atoms with Crippen molar-refractivity contribution in [3.63, 3.8) is 0 Å². The van der Waals surface area contributed by atoms with Crippen LogP contribution in [0, 0.1) is 18.7 Å². The molecule has 2 aromatic heterocycles. The predicted octanol–water partition coefficient (Wildman–Crippen LogP) is 2.01. The van der Waals surface area contributed by atoms with Crippen LogP contribution in [0.15, 0.2) is 30.6 Å². The van der Waals surface area contributed by atoms with Gasteiger partial charge in [0.05, 0.1) is 25.1 Å². The van der Waals surface area contributed by atoms with Gasteiger partial charge in [0.1, 0.15) is 11.6 Å². The van der Waals surface area contributed by atoms with E-state index in [4.69, 9.17) is 4.74 Å². The van der Waals surface area contributed by atoms with Crippen LogP contribution in [0.2, 0.25) is 0 Å². The molecule has 0 aliphatic carbocycles. The first-order valence-corrected chi connectivity index (χ1v) is 7.88. The summed E-state index contributed by atoms with van der Waals surface area (Å²) in [5.41, 5.74) is 1.93. The first kappa shape index (κ1) is 16.0. The summed E-state index contributed by atoms with van der Waals surface area (Å²) in [6.45, 7) is 5.83. The maximum Gasteiger partial charge on any atom is 0.141 e. The summed E-state index contributed by atoms with van der Waals surface area (Å²) in [6.07, 6.45) is 3.94. The van der Waals surface area contributed by atoms with Crippen LogP contribution in [-0.2, 0) is 17.7 Å². The maximum atomic E-state index is 13.0. The van der Waals surface area contributed by atoms with Crippen LogP contribution in [0.3, 0.4) is 0 Å². The van der Waals surface area contributed by atoms with E-state index in [0.29, 0.717) is 19.1 Å². The number of ether oxygens (including phenoxy) is 1. The van der Waals surface area contributed by atoms with E-state index in [1.165, 1.54) is 12.3 Å². The normalized spacial score (nSPS) is 19.5. The summed E-state index contributed by atoms with van der Waals surface area (Å²) >= 11 is 0. The Balaban J connectivity index is 1.62. The Kier molecular flexibility index (Phi) is 5.25. The van der Waals surface area contributed by atoms with Gasteiger partial charge in [-0.1, -0.05) is 0 Å². The Morgan fingerprint density at radius 3 is 2.96 bits per heavy atom. The Labute approximate surface area is 135 Å². The maximum absolute atomic E-state index is 13.0. The first-order valence-electron chi connectivity index (χ1n) is 7.88. The summed E-state index contributed by atoms with van der Waals surface area (Å²) in [7, 11) is 0. The summed E-state index contributed by atoms with van der Waals surface area (Å²) in [5, 5.41) is 0. The smallest absolute Gasteiger partial charge is 0.141 e. The molecule has 1 unspecified atom stereocenters. The van der Waals surface area contributed by atoms with Gasteiger partial charge in [0, 0.05) is 37.4 Å². The van der Waals surface area contributed by atoms with E-state index in [9.17, 15) is 4.39 Å². The summed E-state index contributed by atoms with van der Waals surface area (Å²) in [5.74, 6) is 0.876. The molecule has 1 aliphatic heterocycles. The quantitative estimate of drug-likeness (QED) is 0.863. The molecule has 6 heteroatoms. The molecule has 0 bridgehead atoms. The lowest BCUT2D eigenvalue weighted by Gasteiger charge is -2.22. The molecule has 0 aromatic carbocycles. The highest BCUT2D eigenvalue weighted by Crippen LogP contribution is 2.14. The predicted molar refractivity (Wildman–Crippen MR) is 84.3 cm³/mol. The largest absolute Gasteiger partial charge is 0.380 e. The third kappa shape index (κ3) is 4.77. The molecule has 0 N–H and O–H groups in total. The minimum absolute atomic E-state index is 0.301. The second-order valence-electron chi connectivity index (χ2n) is 5.94. The van der Waals surface area contributed by atoms with Crippen LogP contribution in [0.25, 0.3) is 0 Å². The Morgan fingerprint density at radius 2 is 2.17 bits per heavy atom. The van der Waals surface area contributed by atoms with Crippen molar-refractivity contribution in [1.29, 1.82) is 0 Å². The number of pyridine rings is 1. The average Bonchev–Trinajstić information content (AvgIpc) is 2.75. The fraction of sp³-hybridized carbons (Fsp3) is 0.471. The minimum Gasteiger partial charge on any atom is -0.380 e. The topological polar surface area (TPSA) is 51.1 Å². The van der Waals surface area contributed by atoms with Crippen LogP contribution < -0.4 is 0 Å². The van der Waals surface area contributed by atoms with Crippen LogP contribution in [-0.4, -0.2) is 46.2 Å². The van der Waals surface area contributed by atoms with Gasteiger partial charge in [-0.25, -0.2) is 14.4 Å². The lowest BCUT2D eigenvalue weighted by Crippen LogP contribution is -2.31. The van der Waals surface area contributed by atoms with Crippen molar-refractivity contribution in [3.8, 4) is 0 Å². The van der Waals surface area contributed by atoms with Crippen molar-refractivity contribution in [2.24, 2.45) is 5.92 Å². The van der Waals surface area contributed by atoms with E-state index >= 15 is 0 Å². The minimum atomic E-state index is -0.301. The van der Waals surface area contributed by atoms with Gasteiger partial charge in [0.25, 0.3) is 0 Å². The van der Waals surface area contributed by atoms with Crippen molar-refractivity contribution in [1.82, 2.24) is 19.9 Å². The van der Waals surface area contributed by atoms with E-state index < -0.39 is 0 Å². The standard InChI is InChI=1S/C17H21FN4O/c1-13-19-5-4-16(21-13)8-14-10-22(6-7-23-12-14)11-17-3-2-15(18)9-20-17/h2-5,9,14H,6-8,10-12H2,1H3. The van der Waals surface area contributed by atoms with Crippen molar-refractivity contribution in [3.05, 3.63) is 53.6 Å². The van der Waals surface area contributed by atoms with E-state index in [1.807, 2.05) is 13.0 Å². The molecule has 0 amide bonds. The Hall–Kier alpha value is -1.92. The van der Waals surface area contributed by atoms with Gasteiger partial charge in [-0.05, 0) is 31.5 Å². The molecule has 0 radical (unpaired) electrons. The SMILES string of the molecule is Cc1nccc(CC2COCCN(Cc3ccc(F)cn3)C2)n1. The summed E-state index contributed by atoms with van der Waals surface area (Å²) in [6, 6.07) is 5.16. The molecule has 2 aromatic rings. The molecule has 1 fully saturated rings. The molecule has 122 valence electrons. The number of aryl methyl sites for hydroxylation is 1. The van der Waals surface area contributed by atoms with Crippen LogP contribution in [0.5, 0.6) is 0 Å². The number of hydrogen-bond acceptors (Lipinski definition) is 5. The van der Waals surface area contributed by atoms with Crippen molar-refractivity contribution >= 4 is 0 Å².